The Hall–Kier alpha value is -0.540. The van der Waals surface area contributed by atoms with E-state index in [1.54, 1.807) is 24.3 Å². The minimum Gasteiger partial charge on any atom is -0.393 e. The number of rotatable bonds is 7. The molecule has 1 atom stereocenters. The van der Waals surface area contributed by atoms with Crippen molar-refractivity contribution in [2.75, 3.05) is 13.2 Å². The standard InChI is InChI=1S/C14H18Cl2O2/c1-3-7-14(10-17,18-8-4-2)12-6-5-11(15)9-13(12)16/h4-6,9,17H,2-3,7-8,10H2,1H3. The summed E-state index contributed by atoms with van der Waals surface area (Å²) in [4.78, 5) is 0. The maximum atomic E-state index is 9.73. The molecule has 0 spiro atoms. The van der Waals surface area contributed by atoms with Crippen LogP contribution < -0.4 is 0 Å². The lowest BCUT2D eigenvalue weighted by atomic mass is 9.89. The van der Waals surface area contributed by atoms with Gasteiger partial charge in [-0.15, -0.1) is 6.58 Å². The quantitative estimate of drug-likeness (QED) is 0.763. The van der Waals surface area contributed by atoms with Crippen molar-refractivity contribution in [3.63, 3.8) is 0 Å². The lowest BCUT2D eigenvalue weighted by Gasteiger charge is -2.33. The summed E-state index contributed by atoms with van der Waals surface area (Å²) in [5.74, 6) is 0. The zero-order chi connectivity index (χ0) is 13.6. The first-order valence-electron chi connectivity index (χ1n) is 5.91. The van der Waals surface area contributed by atoms with Gasteiger partial charge in [-0.1, -0.05) is 48.7 Å². The van der Waals surface area contributed by atoms with Crippen molar-refractivity contribution in [1.82, 2.24) is 0 Å². The molecule has 0 bridgehead atoms. The molecule has 0 aromatic heterocycles. The van der Waals surface area contributed by atoms with Crippen LogP contribution >= 0.6 is 23.2 Å². The Bertz CT molecular complexity index is 407. The topological polar surface area (TPSA) is 29.5 Å². The molecule has 0 aliphatic rings. The fourth-order valence-electron chi connectivity index (χ4n) is 1.98. The molecule has 0 radical (unpaired) electrons. The number of hydrogen-bond acceptors (Lipinski definition) is 2. The molecule has 0 saturated heterocycles. The molecule has 0 aliphatic heterocycles. The third kappa shape index (κ3) is 3.48. The minimum atomic E-state index is -0.787. The van der Waals surface area contributed by atoms with Gasteiger partial charge in [-0.3, -0.25) is 0 Å². The Morgan fingerprint density at radius 1 is 1.44 bits per heavy atom. The van der Waals surface area contributed by atoms with Crippen LogP contribution in [0.1, 0.15) is 25.3 Å². The average molecular weight is 289 g/mol. The molecule has 1 rings (SSSR count). The smallest absolute Gasteiger partial charge is 0.118 e. The van der Waals surface area contributed by atoms with E-state index in [0.717, 1.165) is 12.0 Å². The monoisotopic (exact) mass is 288 g/mol. The second-order valence-electron chi connectivity index (χ2n) is 4.13. The van der Waals surface area contributed by atoms with E-state index in [9.17, 15) is 5.11 Å². The zero-order valence-electron chi connectivity index (χ0n) is 10.5. The van der Waals surface area contributed by atoms with Gasteiger partial charge in [0, 0.05) is 15.6 Å². The summed E-state index contributed by atoms with van der Waals surface area (Å²) in [6.45, 7) is 5.89. The summed E-state index contributed by atoms with van der Waals surface area (Å²) in [6.07, 6.45) is 3.21. The van der Waals surface area contributed by atoms with E-state index in [1.807, 2.05) is 6.92 Å². The number of aliphatic hydroxyl groups is 1. The highest BCUT2D eigenvalue weighted by Gasteiger charge is 2.33. The molecule has 0 fully saturated rings. The van der Waals surface area contributed by atoms with Crippen molar-refractivity contribution in [3.05, 3.63) is 46.5 Å². The SMILES string of the molecule is C=CCOC(CO)(CCC)c1ccc(Cl)cc1Cl. The third-order valence-electron chi connectivity index (χ3n) is 2.81. The van der Waals surface area contributed by atoms with Crippen LogP contribution in [0.2, 0.25) is 10.0 Å². The van der Waals surface area contributed by atoms with E-state index in [-0.39, 0.29) is 6.61 Å². The molecule has 2 nitrogen and oxygen atoms in total. The predicted octanol–water partition coefficient (Wildman–Crippen LogP) is 4.18. The number of ether oxygens (including phenoxy) is 1. The summed E-state index contributed by atoms with van der Waals surface area (Å²) in [5.41, 5.74) is -0.0234. The Labute approximate surface area is 118 Å². The highest BCUT2D eigenvalue weighted by Crippen LogP contribution is 2.36. The molecule has 1 N–H and O–H groups in total. The molecule has 0 aliphatic carbocycles. The van der Waals surface area contributed by atoms with E-state index >= 15 is 0 Å². The van der Waals surface area contributed by atoms with Gasteiger partial charge in [-0.25, -0.2) is 0 Å². The van der Waals surface area contributed by atoms with Crippen molar-refractivity contribution in [2.24, 2.45) is 0 Å². The Morgan fingerprint density at radius 3 is 2.67 bits per heavy atom. The summed E-state index contributed by atoms with van der Waals surface area (Å²) in [6, 6.07) is 5.22. The maximum Gasteiger partial charge on any atom is 0.118 e. The summed E-state index contributed by atoms with van der Waals surface area (Å²) in [5, 5.41) is 10.8. The molecule has 0 amide bonds. The van der Waals surface area contributed by atoms with Crippen LogP contribution in [0.5, 0.6) is 0 Å². The zero-order valence-corrected chi connectivity index (χ0v) is 12.0. The van der Waals surface area contributed by atoms with Gasteiger partial charge in [0.15, 0.2) is 0 Å². The maximum absolute atomic E-state index is 9.73. The minimum absolute atomic E-state index is 0.129. The van der Waals surface area contributed by atoms with Gasteiger partial charge in [0.1, 0.15) is 5.60 Å². The highest BCUT2D eigenvalue weighted by atomic mass is 35.5. The van der Waals surface area contributed by atoms with Gasteiger partial charge >= 0.3 is 0 Å². The van der Waals surface area contributed by atoms with Crippen LogP contribution in [0.15, 0.2) is 30.9 Å². The molecule has 1 aromatic rings. The van der Waals surface area contributed by atoms with E-state index in [2.05, 4.69) is 6.58 Å². The molecule has 100 valence electrons. The Kier molecular flexibility index (Phi) is 6.16. The van der Waals surface area contributed by atoms with Crippen molar-refractivity contribution in [1.29, 1.82) is 0 Å². The molecule has 1 unspecified atom stereocenters. The van der Waals surface area contributed by atoms with Gasteiger partial charge in [0.25, 0.3) is 0 Å². The normalized spacial score (nSPS) is 14.2. The van der Waals surface area contributed by atoms with Gasteiger partial charge in [-0.2, -0.15) is 0 Å². The first-order chi connectivity index (χ1) is 8.59. The summed E-state index contributed by atoms with van der Waals surface area (Å²) in [7, 11) is 0. The van der Waals surface area contributed by atoms with Crippen LogP contribution in [0.4, 0.5) is 0 Å². The lowest BCUT2D eigenvalue weighted by molar-refractivity contribution is -0.0799. The number of aliphatic hydroxyl groups excluding tert-OH is 1. The third-order valence-corrected chi connectivity index (χ3v) is 3.36. The molecular weight excluding hydrogens is 271 g/mol. The van der Waals surface area contributed by atoms with Crippen molar-refractivity contribution in [2.45, 2.75) is 25.4 Å². The van der Waals surface area contributed by atoms with Gasteiger partial charge in [0.05, 0.1) is 13.2 Å². The van der Waals surface area contributed by atoms with Crippen LogP contribution in [-0.4, -0.2) is 18.3 Å². The summed E-state index contributed by atoms with van der Waals surface area (Å²) >= 11 is 12.1. The van der Waals surface area contributed by atoms with Crippen LogP contribution in [0.25, 0.3) is 0 Å². The fraction of sp³-hybridized carbons (Fsp3) is 0.429. The first kappa shape index (κ1) is 15.5. The van der Waals surface area contributed by atoms with Crippen LogP contribution in [0.3, 0.4) is 0 Å². The van der Waals surface area contributed by atoms with Crippen molar-refractivity contribution >= 4 is 23.2 Å². The molecule has 0 heterocycles. The Morgan fingerprint density at radius 2 is 2.17 bits per heavy atom. The summed E-state index contributed by atoms with van der Waals surface area (Å²) < 4.78 is 5.78. The predicted molar refractivity (Wildman–Crippen MR) is 76.3 cm³/mol. The number of hydrogen-bond donors (Lipinski definition) is 1. The molecule has 0 saturated carbocycles. The van der Waals surface area contributed by atoms with Gasteiger partial charge in [0.2, 0.25) is 0 Å². The van der Waals surface area contributed by atoms with Crippen LogP contribution in [-0.2, 0) is 10.3 Å². The fourth-order valence-corrected chi connectivity index (χ4v) is 2.56. The molecule has 1 aromatic carbocycles. The Balaban J connectivity index is 3.17. The number of halogens is 2. The number of benzene rings is 1. The van der Waals surface area contributed by atoms with Crippen molar-refractivity contribution < 1.29 is 9.84 Å². The van der Waals surface area contributed by atoms with E-state index in [1.165, 1.54) is 0 Å². The second-order valence-corrected chi connectivity index (χ2v) is 4.97. The first-order valence-corrected chi connectivity index (χ1v) is 6.66. The average Bonchev–Trinajstić information content (AvgIpc) is 2.35. The molecular formula is C14H18Cl2O2. The van der Waals surface area contributed by atoms with E-state index in [4.69, 9.17) is 27.9 Å². The molecule has 4 heteroatoms. The second kappa shape index (κ2) is 7.15. The van der Waals surface area contributed by atoms with E-state index < -0.39 is 5.60 Å². The van der Waals surface area contributed by atoms with Gasteiger partial charge < -0.3 is 9.84 Å². The van der Waals surface area contributed by atoms with Crippen molar-refractivity contribution in [3.8, 4) is 0 Å². The lowest BCUT2D eigenvalue weighted by Crippen LogP contribution is -2.34. The van der Waals surface area contributed by atoms with E-state index in [0.29, 0.717) is 23.1 Å². The van der Waals surface area contributed by atoms with Gasteiger partial charge in [-0.05, 0) is 18.6 Å². The molecule has 18 heavy (non-hydrogen) atoms. The highest BCUT2D eigenvalue weighted by molar-refractivity contribution is 6.35. The largest absolute Gasteiger partial charge is 0.393 e. The van der Waals surface area contributed by atoms with Crippen LogP contribution in [0, 0.1) is 0 Å².